The molecular formula is C15H17N5O. The lowest BCUT2D eigenvalue weighted by Gasteiger charge is -2.11. The van der Waals surface area contributed by atoms with Crippen LogP contribution in [0.5, 0.6) is 0 Å². The number of fused-ring (bicyclic) bond motifs is 1. The summed E-state index contributed by atoms with van der Waals surface area (Å²) in [6.07, 6.45) is 3.62. The van der Waals surface area contributed by atoms with E-state index < -0.39 is 0 Å². The van der Waals surface area contributed by atoms with Crippen molar-refractivity contribution in [3.8, 4) is 0 Å². The van der Waals surface area contributed by atoms with E-state index in [0.717, 1.165) is 22.4 Å². The van der Waals surface area contributed by atoms with Crippen molar-refractivity contribution in [2.75, 3.05) is 0 Å². The monoisotopic (exact) mass is 283 g/mol. The van der Waals surface area contributed by atoms with Gasteiger partial charge in [-0.2, -0.15) is 5.10 Å². The molecule has 1 aromatic carbocycles. The van der Waals surface area contributed by atoms with Crippen molar-refractivity contribution in [2.24, 2.45) is 0 Å². The van der Waals surface area contributed by atoms with Gasteiger partial charge in [0.05, 0.1) is 11.6 Å². The molecule has 0 aliphatic rings. The zero-order chi connectivity index (χ0) is 14.8. The van der Waals surface area contributed by atoms with Gasteiger partial charge >= 0.3 is 0 Å². The number of hydrogen-bond acceptors (Lipinski definition) is 3. The quantitative estimate of drug-likeness (QED) is 0.768. The third-order valence-corrected chi connectivity index (χ3v) is 3.28. The number of nitrogens with one attached hydrogen (secondary N) is 2. The van der Waals surface area contributed by atoms with Gasteiger partial charge in [0.25, 0.3) is 0 Å². The molecule has 0 unspecified atom stereocenters. The highest BCUT2D eigenvalue weighted by molar-refractivity contribution is 5.79. The Labute approximate surface area is 122 Å². The summed E-state index contributed by atoms with van der Waals surface area (Å²) in [4.78, 5) is 19.4. The molecule has 0 bridgehead atoms. The molecule has 1 amide bonds. The van der Waals surface area contributed by atoms with Crippen LogP contribution in [0.4, 0.5) is 0 Å². The number of carbonyl (C=O) groups excluding carboxylic acids is 1. The average molecular weight is 283 g/mol. The zero-order valence-corrected chi connectivity index (χ0v) is 12.0. The van der Waals surface area contributed by atoms with E-state index in [9.17, 15) is 4.79 Å². The van der Waals surface area contributed by atoms with E-state index in [1.165, 1.54) is 0 Å². The minimum Gasteiger partial charge on any atom is -0.345 e. The van der Waals surface area contributed by atoms with E-state index in [-0.39, 0.29) is 18.5 Å². The number of amides is 1. The molecule has 0 fully saturated rings. The molecule has 2 heterocycles. The number of aryl methyl sites for hydroxylation is 1. The molecule has 2 N–H and O–H groups in total. The summed E-state index contributed by atoms with van der Waals surface area (Å²) in [5.41, 5.74) is 1.87. The number of rotatable bonds is 4. The minimum absolute atomic E-state index is 0.0932. The summed E-state index contributed by atoms with van der Waals surface area (Å²) in [6, 6.07) is 7.64. The van der Waals surface area contributed by atoms with Crippen LogP contribution in [0.1, 0.15) is 24.5 Å². The second kappa shape index (κ2) is 5.40. The molecule has 0 saturated carbocycles. The van der Waals surface area contributed by atoms with Crippen LogP contribution >= 0.6 is 0 Å². The number of carbonyl (C=O) groups is 1. The number of aromatic nitrogens is 4. The highest BCUT2D eigenvalue weighted by Gasteiger charge is 2.13. The van der Waals surface area contributed by atoms with E-state index in [2.05, 4.69) is 20.4 Å². The van der Waals surface area contributed by atoms with Crippen LogP contribution < -0.4 is 5.32 Å². The van der Waals surface area contributed by atoms with Crippen molar-refractivity contribution in [3.63, 3.8) is 0 Å². The molecule has 0 aliphatic carbocycles. The van der Waals surface area contributed by atoms with Gasteiger partial charge in [0.2, 0.25) is 5.91 Å². The molecule has 1 atom stereocenters. The third-order valence-electron chi connectivity index (χ3n) is 3.28. The van der Waals surface area contributed by atoms with Crippen LogP contribution in [-0.2, 0) is 11.3 Å². The molecule has 0 saturated heterocycles. The summed E-state index contributed by atoms with van der Waals surface area (Å²) < 4.78 is 1.65. The number of nitrogens with zero attached hydrogens (tertiary/aromatic N) is 3. The molecule has 0 radical (unpaired) electrons. The standard InChI is InChI=1S/C15H17N5O/c1-10-7-16-15(17-10)11(2)18-14(21)9-20-8-12-5-3-4-6-13(12)19-20/h3-8,11H,9H2,1-2H3,(H,16,17)(H,18,21)/t11-/m1/s1. The molecule has 2 aromatic heterocycles. The van der Waals surface area contributed by atoms with Crippen LogP contribution in [0.25, 0.3) is 10.9 Å². The van der Waals surface area contributed by atoms with Crippen LogP contribution in [0, 0.1) is 6.92 Å². The number of H-pyrrole nitrogens is 1. The summed E-state index contributed by atoms with van der Waals surface area (Å²) in [5, 5.41) is 8.31. The van der Waals surface area contributed by atoms with E-state index in [0.29, 0.717) is 0 Å². The van der Waals surface area contributed by atoms with Gasteiger partial charge in [-0.3, -0.25) is 9.48 Å². The van der Waals surface area contributed by atoms with Gasteiger partial charge in [-0.25, -0.2) is 4.98 Å². The lowest BCUT2D eigenvalue weighted by atomic mass is 10.3. The number of hydrogen-bond donors (Lipinski definition) is 2. The first-order chi connectivity index (χ1) is 10.1. The summed E-state index contributed by atoms with van der Waals surface area (Å²) in [6.45, 7) is 4.02. The lowest BCUT2D eigenvalue weighted by molar-refractivity contribution is -0.122. The van der Waals surface area contributed by atoms with Gasteiger partial charge in [-0.1, -0.05) is 18.2 Å². The summed E-state index contributed by atoms with van der Waals surface area (Å²) in [7, 11) is 0. The van der Waals surface area contributed by atoms with Crippen molar-refractivity contribution in [1.82, 2.24) is 25.1 Å². The van der Waals surface area contributed by atoms with Crippen LogP contribution in [0.2, 0.25) is 0 Å². The van der Waals surface area contributed by atoms with Crippen LogP contribution in [0.15, 0.2) is 36.7 Å². The normalized spacial score (nSPS) is 12.5. The van der Waals surface area contributed by atoms with Gasteiger partial charge in [0, 0.05) is 23.5 Å². The molecule has 0 spiro atoms. The molecule has 21 heavy (non-hydrogen) atoms. The second-order valence-corrected chi connectivity index (χ2v) is 5.13. The third kappa shape index (κ3) is 2.94. The van der Waals surface area contributed by atoms with E-state index in [1.54, 1.807) is 10.9 Å². The molecule has 3 aromatic rings. The average Bonchev–Trinajstić information content (AvgIpc) is 3.03. The Morgan fingerprint density at radius 3 is 2.95 bits per heavy atom. The Balaban J connectivity index is 1.66. The zero-order valence-electron chi connectivity index (χ0n) is 12.0. The van der Waals surface area contributed by atoms with Gasteiger partial charge in [-0.05, 0) is 19.9 Å². The first-order valence-electron chi connectivity index (χ1n) is 6.85. The topological polar surface area (TPSA) is 75.6 Å². The molecule has 0 aliphatic heterocycles. The summed E-state index contributed by atoms with van der Waals surface area (Å²) in [5.74, 6) is 0.663. The van der Waals surface area contributed by atoms with Crippen molar-refractivity contribution in [1.29, 1.82) is 0 Å². The number of aromatic amines is 1. The Bertz CT molecular complexity index is 740. The molecule has 3 rings (SSSR count). The van der Waals surface area contributed by atoms with E-state index >= 15 is 0 Å². The maximum absolute atomic E-state index is 12.1. The van der Waals surface area contributed by atoms with Gasteiger partial charge in [0.15, 0.2) is 0 Å². The maximum atomic E-state index is 12.1. The lowest BCUT2D eigenvalue weighted by Crippen LogP contribution is -2.30. The molecular weight excluding hydrogens is 266 g/mol. The molecule has 6 heteroatoms. The van der Waals surface area contributed by atoms with Crippen molar-refractivity contribution in [3.05, 3.63) is 48.2 Å². The maximum Gasteiger partial charge on any atom is 0.242 e. The Kier molecular flexibility index (Phi) is 3.43. The predicted molar refractivity (Wildman–Crippen MR) is 79.6 cm³/mol. The van der Waals surface area contributed by atoms with Crippen molar-refractivity contribution < 1.29 is 4.79 Å². The fraction of sp³-hybridized carbons (Fsp3) is 0.267. The fourth-order valence-corrected chi connectivity index (χ4v) is 2.25. The van der Waals surface area contributed by atoms with Crippen molar-refractivity contribution in [2.45, 2.75) is 26.4 Å². The second-order valence-electron chi connectivity index (χ2n) is 5.13. The highest BCUT2D eigenvalue weighted by Crippen LogP contribution is 2.11. The Hall–Kier alpha value is -2.63. The number of imidazole rings is 1. The smallest absolute Gasteiger partial charge is 0.242 e. The first kappa shape index (κ1) is 13.4. The Morgan fingerprint density at radius 2 is 2.24 bits per heavy atom. The Morgan fingerprint density at radius 1 is 1.43 bits per heavy atom. The van der Waals surface area contributed by atoms with Gasteiger partial charge in [-0.15, -0.1) is 0 Å². The van der Waals surface area contributed by atoms with E-state index in [1.807, 2.05) is 44.3 Å². The largest absolute Gasteiger partial charge is 0.345 e. The van der Waals surface area contributed by atoms with Crippen molar-refractivity contribution >= 4 is 16.8 Å². The SMILES string of the molecule is Cc1cnc([C@@H](C)NC(=O)Cn2cc3ccccc3n2)[nH]1. The molecule has 6 nitrogen and oxygen atoms in total. The number of benzene rings is 1. The van der Waals surface area contributed by atoms with Gasteiger partial charge < -0.3 is 10.3 Å². The first-order valence-corrected chi connectivity index (χ1v) is 6.85. The van der Waals surface area contributed by atoms with Gasteiger partial charge in [0.1, 0.15) is 12.4 Å². The summed E-state index contributed by atoms with van der Waals surface area (Å²) >= 11 is 0. The predicted octanol–water partition coefficient (Wildman–Crippen LogP) is 1.95. The molecule has 108 valence electrons. The minimum atomic E-state index is -0.156. The van der Waals surface area contributed by atoms with Crippen LogP contribution in [-0.4, -0.2) is 25.7 Å². The fourth-order valence-electron chi connectivity index (χ4n) is 2.25. The van der Waals surface area contributed by atoms with E-state index in [4.69, 9.17) is 0 Å². The highest BCUT2D eigenvalue weighted by atomic mass is 16.2. The van der Waals surface area contributed by atoms with Crippen LogP contribution in [0.3, 0.4) is 0 Å².